The van der Waals surface area contributed by atoms with Crippen LogP contribution in [0.15, 0.2) is 0 Å². The van der Waals surface area contributed by atoms with Crippen LogP contribution in [-0.2, 0) is 4.65 Å². The molecular formula is CH5BLiO3. The van der Waals surface area contributed by atoms with Crippen LogP contribution >= 0.6 is 0 Å². The average Bonchev–Trinajstić information content (AvgIpc) is 1.38. The second-order valence-electron chi connectivity index (χ2n) is 0.562. The first-order valence-corrected chi connectivity index (χ1v) is 1.16. The molecule has 0 aromatic heterocycles. The predicted octanol–water partition coefficient (Wildman–Crippen LogP) is -1.78. The van der Waals surface area contributed by atoms with Gasteiger partial charge in [-0.3, -0.25) is 0 Å². The third kappa shape index (κ3) is 8.82. The van der Waals surface area contributed by atoms with Crippen molar-refractivity contribution in [2.45, 2.75) is 0 Å². The molecule has 0 unspecified atom stereocenters. The standard InChI is InChI=1S/CH5BO3.Li/c1-5-2(3)4;/h3-4H,1H3;. The van der Waals surface area contributed by atoms with Crippen molar-refractivity contribution in [2.24, 2.45) is 0 Å². The molecule has 0 aliphatic heterocycles. The molecule has 0 aromatic rings. The summed E-state index contributed by atoms with van der Waals surface area (Å²) in [5, 5.41) is 15.4. The summed E-state index contributed by atoms with van der Waals surface area (Å²) in [6, 6.07) is 0. The molecular weight excluding hydrogens is 77.8 g/mol. The van der Waals surface area contributed by atoms with E-state index in [0.717, 1.165) is 0 Å². The molecule has 0 rings (SSSR count). The zero-order chi connectivity index (χ0) is 4.28. The van der Waals surface area contributed by atoms with Crippen LogP contribution in [0.5, 0.6) is 0 Å². The van der Waals surface area contributed by atoms with Crippen molar-refractivity contribution < 1.29 is 14.7 Å². The van der Waals surface area contributed by atoms with Gasteiger partial charge in [0.2, 0.25) is 0 Å². The second kappa shape index (κ2) is 5.54. The molecule has 0 spiro atoms. The summed E-state index contributed by atoms with van der Waals surface area (Å²) in [5.74, 6) is 0. The molecule has 0 aliphatic rings. The average molecular weight is 82.8 g/mol. The van der Waals surface area contributed by atoms with Crippen molar-refractivity contribution in [1.29, 1.82) is 0 Å². The van der Waals surface area contributed by atoms with Gasteiger partial charge in [0.05, 0.1) is 0 Å². The zero-order valence-electron chi connectivity index (χ0n) is 3.88. The summed E-state index contributed by atoms with van der Waals surface area (Å²) in [7, 11) is -0.417. The van der Waals surface area contributed by atoms with Crippen molar-refractivity contribution >= 4 is 26.2 Å². The summed E-state index contributed by atoms with van der Waals surface area (Å²) in [4.78, 5) is 0. The molecule has 3 nitrogen and oxygen atoms in total. The van der Waals surface area contributed by atoms with Gasteiger partial charge < -0.3 is 14.7 Å². The summed E-state index contributed by atoms with van der Waals surface area (Å²) in [6.07, 6.45) is 0. The van der Waals surface area contributed by atoms with Crippen molar-refractivity contribution in [3.8, 4) is 0 Å². The third-order valence-corrected chi connectivity index (χ3v) is 0.211. The molecule has 0 heterocycles. The van der Waals surface area contributed by atoms with Gasteiger partial charge in [-0.05, 0) is 0 Å². The van der Waals surface area contributed by atoms with E-state index in [2.05, 4.69) is 4.65 Å². The minimum absolute atomic E-state index is 0. The predicted molar refractivity (Wildman–Crippen MR) is 23.0 cm³/mol. The van der Waals surface area contributed by atoms with Crippen molar-refractivity contribution in [1.82, 2.24) is 0 Å². The van der Waals surface area contributed by atoms with Gasteiger partial charge in [0, 0.05) is 26.0 Å². The SMILES string of the molecule is COB(O)O.[Li]. The molecule has 1 radical (unpaired) electrons. The number of rotatable bonds is 1. The Morgan fingerprint density at radius 2 is 1.67 bits per heavy atom. The van der Waals surface area contributed by atoms with Gasteiger partial charge in [-0.2, -0.15) is 0 Å². The molecule has 0 saturated carbocycles. The number of hydrogen-bond acceptors (Lipinski definition) is 3. The van der Waals surface area contributed by atoms with Crippen molar-refractivity contribution in [3.63, 3.8) is 0 Å². The maximum atomic E-state index is 7.69. The second-order valence-corrected chi connectivity index (χ2v) is 0.562. The van der Waals surface area contributed by atoms with E-state index < -0.39 is 7.32 Å². The Bertz CT molecular complexity index is 24.8. The first-order chi connectivity index (χ1) is 2.27. The fraction of sp³-hybridized carbons (Fsp3) is 1.00. The fourth-order valence-corrected chi connectivity index (χ4v) is 0. The van der Waals surface area contributed by atoms with Crippen LogP contribution < -0.4 is 0 Å². The van der Waals surface area contributed by atoms with Gasteiger partial charge in [0.1, 0.15) is 0 Å². The Labute approximate surface area is 48.7 Å². The number of hydrogen-bond donors (Lipinski definition) is 2. The van der Waals surface area contributed by atoms with E-state index in [-0.39, 0.29) is 18.9 Å². The molecule has 0 atom stereocenters. The molecule has 0 saturated heterocycles. The first-order valence-electron chi connectivity index (χ1n) is 1.16. The maximum absolute atomic E-state index is 7.69. The Morgan fingerprint density at radius 1 is 1.50 bits per heavy atom. The quantitative estimate of drug-likeness (QED) is 0.368. The molecule has 0 bridgehead atoms. The molecule has 31 valence electrons. The van der Waals surface area contributed by atoms with E-state index in [0.29, 0.717) is 0 Å². The van der Waals surface area contributed by atoms with Gasteiger partial charge >= 0.3 is 7.32 Å². The smallest absolute Gasteiger partial charge is 0.402 e. The van der Waals surface area contributed by atoms with E-state index in [1.807, 2.05) is 0 Å². The minimum Gasteiger partial charge on any atom is -0.402 e. The van der Waals surface area contributed by atoms with E-state index in [9.17, 15) is 0 Å². The van der Waals surface area contributed by atoms with Gasteiger partial charge in [-0.1, -0.05) is 0 Å². The third-order valence-electron chi connectivity index (χ3n) is 0.211. The molecule has 2 N–H and O–H groups in total. The van der Waals surface area contributed by atoms with Crippen LogP contribution in [0, 0.1) is 0 Å². The Hall–Kier alpha value is 0.542. The zero-order valence-corrected chi connectivity index (χ0v) is 3.88. The van der Waals surface area contributed by atoms with Crippen LogP contribution in [0.2, 0.25) is 0 Å². The van der Waals surface area contributed by atoms with Gasteiger partial charge in [0.15, 0.2) is 0 Å². The molecule has 0 amide bonds. The largest absolute Gasteiger partial charge is 0.633 e. The van der Waals surface area contributed by atoms with Crippen LogP contribution in [0.25, 0.3) is 0 Å². The summed E-state index contributed by atoms with van der Waals surface area (Å²) in [5.41, 5.74) is 0. The van der Waals surface area contributed by atoms with Crippen LogP contribution in [0.1, 0.15) is 0 Å². The summed E-state index contributed by atoms with van der Waals surface area (Å²) < 4.78 is 3.86. The maximum Gasteiger partial charge on any atom is 0.633 e. The van der Waals surface area contributed by atoms with Gasteiger partial charge in [-0.25, -0.2) is 0 Å². The first kappa shape index (κ1) is 9.74. The Balaban J connectivity index is 0. The molecule has 0 aliphatic carbocycles. The van der Waals surface area contributed by atoms with E-state index in [1.54, 1.807) is 0 Å². The monoisotopic (exact) mass is 83.0 g/mol. The fourth-order valence-electron chi connectivity index (χ4n) is 0. The van der Waals surface area contributed by atoms with Crippen LogP contribution in [-0.4, -0.2) is 43.3 Å². The summed E-state index contributed by atoms with van der Waals surface area (Å²) >= 11 is 0. The molecule has 0 aromatic carbocycles. The molecule has 6 heavy (non-hydrogen) atoms. The van der Waals surface area contributed by atoms with Crippen molar-refractivity contribution in [2.75, 3.05) is 7.11 Å². The topological polar surface area (TPSA) is 49.7 Å². The van der Waals surface area contributed by atoms with Crippen LogP contribution in [0.4, 0.5) is 0 Å². The summed E-state index contributed by atoms with van der Waals surface area (Å²) in [6.45, 7) is 0. The molecule has 5 heteroatoms. The van der Waals surface area contributed by atoms with E-state index in [4.69, 9.17) is 10.0 Å². The minimum atomic E-state index is -1.62. The van der Waals surface area contributed by atoms with Gasteiger partial charge in [-0.15, -0.1) is 0 Å². The van der Waals surface area contributed by atoms with Crippen molar-refractivity contribution in [3.05, 3.63) is 0 Å². The Morgan fingerprint density at radius 3 is 1.67 bits per heavy atom. The normalized spacial score (nSPS) is 6.50. The van der Waals surface area contributed by atoms with E-state index in [1.165, 1.54) is 7.11 Å². The van der Waals surface area contributed by atoms with Gasteiger partial charge in [0.25, 0.3) is 0 Å². The van der Waals surface area contributed by atoms with Crippen LogP contribution in [0.3, 0.4) is 0 Å². The Kier molecular flexibility index (Phi) is 9.00. The van der Waals surface area contributed by atoms with E-state index >= 15 is 0 Å². The molecule has 0 fully saturated rings.